The van der Waals surface area contributed by atoms with Crippen molar-refractivity contribution in [3.8, 4) is 5.75 Å². The number of benzene rings is 1. The number of nitrogens with one attached hydrogen (secondary N) is 1. The van der Waals surface area contributed by atoms with Gasteiger partial charge in [0, 0.05) is 18.3 Å². The van der Waals surface area contributed by atoms with Crippen LogP contribution in [0.5, 0.6) is 5.75 Å². The van der Waals surface area contributed by atoms with Crippen LogP contribution in [0.4, 0.5) is 0 Å². The first kappa shape index (κ1) is 11.0. The van der Waals surface area contributed by atoms with Crippen LogP contribution in [-0.2, 0) is 11.3 Å². The first-order chi connectivity index (χ1) is 6.72. The predicted octanol–water partition coefficient (Wildman–Crippen LogP) is 1.79. The third kappa shape index (κ3) is 3.79. The Morgan fingerprint density at radius 2 is 2.00 bits per heavy atom. The van der Waals surface area contributed by atoms with Crippen molar-refractivity contribution in [2.45, 2.75) is 13.0 Å². The van der Waals surface area contributed by atoms with Gasteiger partial charge in [-0.2, -0.15) is 0 Å². The van der Waals surface area contributed by atoms with Crippen LogP contribution in [0.2, 0.25) is 0 Å². The van der Waals surface area contributed by atoms with Crippen molar-refractivity contribution in [3.63, 3.8) is 0 Å². The Kier molecular flexibility index (Phi) is 4.46. The number of halogens is 1. The summed E-state index contributed by atoms with van der Waals surface area (Å²) in [5.74, 6) is 0.260. The molecule has 1 rings (SSSR count). The van der Waals surface area contributed by atoms with Gasteiger partial charge >= 0.3 is 0 Å². The summed E-state index contributed by atoms with van der Waals surface area (Å²) in [4.78, 5) is 11.1. The van der Waals surface area contributed by atoms with Crippen LogP contribution in [0.15, 0.2) is 24.3 Å². The van der Waals surface area contributed by atoms with Crippen LogP contribution in [0.3, 0.4) is 0 Å². The summed E-state index contributed by atoms with van der Waals surface area (Å²) in [6.07, 6.45) is 0.484. The number of alkyl halides is 1. The number of carbonyl (C=O) groups is 1. The van der Waals surface area contributed by atoms with Gasteiger partial charge in [-0.3, -0.25) is 4.79 Å². The number of aromatic hydroxyl groups is 1. The predicted molar refractivity (Wildman–Crippen MR) is 58.4 cm³/mol. The van der Waals surface area contributed by atoms with Crippen molar-refractivity contribution >= 4 is 21.8 Å². The minimum absolute atomic E-state index is 0.0231. The van der Waals surface area contributed by atoms with Gasteiger partial charge in [-0.1, -0.05) is 28.1 Å². The highest BCUT2D eigenvalue weighted by molar-refractivity contribution is 9.09. The number of carbonyl (C=O) groups excluding carboxylic acids is 1. The maximum Gasteiger partial charge on any atom is 0.221 e. The van der Waals surface area contributed by atoms with E-state index in [9.17, 15) is 4.79 Å². The average Bonchev–Trinajstić information content (AvgIpc) is 2.17. The zero-order chi connectivity index (χ0) is 10.4. The maximum absolute atomic E-state index is 11.1. The molecule has 1 aromatic rings. The molecule has 0 bridgehead atoms. The molecule has 0 radical (unpaired) electrons. The van der Waals surface area contributed by atoms with Crippen LogP contribution in [0.1, 0.15) is 12.0 Å². The van der Waals surface area contributed by atoms with Gasteiger partial charge in [0.2, 0.25) is 5.91 Å². The summed E-state index contributed by atoms with van der Waals surface area (Å²) < 4.78 is 0. The Labute approximate surface area is 91.3 Å². The van der Waals surface area contributed by atoms with Crippen LogP contribution < -0.4 is 5.32 Å². The highest BCUT2D eigenvalue weighted by Gasteiger charge is 1.99. The normalized spacial score (nSPS) is 9.79. The van der Waals surface area contributed by atoms with Gasteiger partial charge in [-0.05, 0) is 17.7 Å². The minimum atomic E-state index is 0.0231. The van der Waals surface area contributed by atoms with Crippen LogP contribution in [0.25, 0.3) is 0 Å². The minimum Gasteiger partial charge on any atom is -0.508 e. The molecular formula is C10H12BrNO2. The lowest BCUT2D eigenvalue weighted by Gasteiger charge is -2.03. The summed E-state index contributed by atoms with van der Waals surface area (Å²) in [5, 5.41) is 12.5. The van der Waals surface area contributed by atoms with Gasteiger partial charge in [-0.15, -0.1) is 0 Å². The quantitative estimate of drug-likeness (QED) is 0.809. The van der Waals surface area contributed by atoms with Gasteiger partial charge in [0.1, 0.15) is 5.75 Å². The molecule has 0 heterocycles. The largest absolute Gasteiger partial charge is 0.508 e. The average molecular weight is 258 g/mol. The molecule has 0 atom stereocenters. The molecule has 0 aliphatic carbocycles. The Morgan fingerprint density at radius 1 is 1.36 bits per heavy atom. The Bertz CT molecular complexity index is 297. The van der Waals surface area contributed by atoms with E-state index in [-0.39, 0.29) is 11.7 Å². The van der Waals surface area contributed by atoms with Crippen molar-refractivity contribution in [3.05, 3.63) is 29.8 Å². The van der Waals surface area contributed by atoms with Crippen LogP contribution in [-0.4, -0.2) is 16.3 Å². The van der Waals surface area contributed by atoms with Crippen molar-refractivity contribution in [1.29, 1.82) is 0 Å². The summed E-state index contributed by atoms with van der Waals surface area (Å²) in [7, 11) is 0. The third-order valence-corrected chi connectivity index (χ3v) is 2.14. The SMILES string of the molecule is O=C(CCBr)NCc1ccc(O)cc1. The fourth-order valence-electron chi connectivity index (χ4n) is 0.989. The van der Waals surface area contributed by atoms with E-state index in [1.807, 2.05) is 0 Å². The topological polar surface area (TPSA) is 49.3 Å². The molecule has 1 amide bonds. The number of phenols is 1. The molecule has 0 unspecified atom stereocenters. The monoisotopic (exact) mass is 257 g/mol. The molecule has 1 aromatic carbocycles. The second kappa shape index (κ2) is 5.65. The standard InChI is InChI=1S/C10H12BrNO2/c11-6-5-10(14)12-7-8-1-3-9(13)4-2-8/h1-4,13H,5-7H2,(H,12,14). The van der Waals surface area contributed by atoms with E-state index in [4.69, 9.17) is 5.11 Å². The van der Waals surface area contributed by atoms with Crippen molar-refractivity contribution in [2.24, 2.45) is 0 Å². The summed E-state index contributed by atoms with van der Waals surface area (Å²) in [5.41, 5.74) is 0.978. The van der Waals surface area contributed by atoms with Gasteiger partial charge in [-0.25, -0.2) is 0 Å². The smallest absolute Gasteiger partial charge is 0.221 e. The number of rotatable bonds is 4. The Hall–Kier alpha value is -1.03. The third-order valence-electron chi connectivity index (χ3n) is 1.75. The lowest BCUT2D eigenvalue weighted by atomic mass is 10.2. The zero-order valence-corrected chi connectivity index (χ0v) is 9.25. The molecule has 0 saturated heterocycles. The van der Waals surface area contributed by atoms with Gasteiger partial charge in [0.25, 0.3) is 0 Å². The van der Waals surface area contributed by atoms with Crippen LogP contribution in [0, 0.1) is 0 Å². The zero-order valence-electron chi connectivity index (χ0n) is 7.66. The molecule has 76 valence electrons. The molecule has 0 saturated carbocycles. The highest BCUT2D eigenvalue weighted by Crippen LogP contribution is 2.09. The van der Waals surface area contributed by atoms with E-state index in [0.717, 1.165) is 5.56 Å². The molecular weight excluding hydrogens is 246 g/mol. The first-order valence-electron chi connectivity index (χ1n) is 4.33. The van der Waals surface area contributed by atoms with E-state index >= 15 is 0 Å². The first-order valence-corrected chi connectivity index (χ1v) is 5.45. The molecule has 0 fully saturated rings. The second-order valence-electron chi connectivity index (χ2n) is 2.88. The highest BCUT2D eigenvalue weighted by atomic mass is 79.9. The van der Waals surface area contributed by atoms with E-state index in [0.29, 0.717) is 18.3 Å². The molecule has 14 heavy (non-hydrogen) atoms. The Balaban J connectivity index is 2.38. The van der Waals surface area contributed by atoms with Gasteiger partial charge in [0.15, 0.2) is 0 Å². The molecule has 2 N–H and O–H groups in total. The number of phenolic OH excluding ortho intramolecular Hbond substituents is 1. The maximum atomic E-state index is 11.1. The number of hydrogen-bond donors (Lipinski definition) is 2. The second-order valence-corrected chi connectivity index (χ2v) is 3.68. The molecule has 3 nitrogen and oxygen atoms in total. The van der Waals surface area contributed by atoms with Gasteiger partial charge in [0.05, 0.1) is 0 Å². The molecule has 0 aliphatic heterocycles. The summed E-state index contributed by atoms with van der Waals surface area (Å²) in [6, 6.07) is 6.77. The fraction of sp³-hybridized carbons (Fsp3) is 0.300. The van der Waals surface area contributed by atoms with Gasteiger partial charge < -0.3 is 10.4 Å². The summed E-state index contributed by atoms with van der Waals surface area (Å²) in [6.45, 7) is 0.506. The molecule has 0 spiro atoms. The lowest BCUT2D eigenvalue weighted by Crippen LogP contribution is -2.22. The van der Waals surface area contributed by atoms with Crippen LogP contribution >= 0.6 is 15.9 Å². The van der Waals surface area contributed by atoms with Crippen molar-refractivity contribution in [2.75, 3.05) is 5.33 Å². The van der Waals surface area contributed by atoms with Crippen molar-refractivity contribution in [1.82, 2.24) is 5.32 Å². The van der Waals surface area contributed by atoms with E-state index in [1.54, 1.807) is 24.3 Å². The van der Waals surface area contributed by atoms with E-state index in [2.05, 4.69) is 21.2 Å². The van der Waals surface area contributed by atoms with Crippen molar-refractivity contribution < 1.29 is 9.90 Å². The van der Waals surface area contributed by atoms with E-state index in [1.165, 1.54) is 0 Å². The fourth-order valence-corrected chi connectivity index (χ4v) is 1.35. The lowest BCUT2D eigenvalue weighted by molar-refractivity contribution is -0.120. The Morgan fingerprint density at radius 3 is 2.57 bits per heavy atom. The van der Waals surface area contributed by atoms with E-state index < -0.39 is 0 Å². The summed E-state index contributed by atoms with van der Waals surface area (Å²) >= 11 is 3.19. The number of amides is 1. The molecule has 4 heteroatoms. The molecule has 0 aromatic heterocycles. The number of hydrogen-bond acceptors (Lipinski definition) is 2. The molecule has 0 aliphatic rings.